The molecule has 1 heterocycles. The number of nitrogens with one attached hydrogen (secondary N) is 1. The Kier molecular flexibility index (Phi) is 2.59. The number of aromatic carboxylic acids is 1. The van der Waals surface area contributed by atoms with Crippen molar-refractivity contribution in [3.05, 3.63) is 33.5 Å². The van der Waals surface area contributed by atoms with Gasteiger partial charge in [0, 0.05) is 6.07 Å². The fourth-order valence-electron chi connectivity index (χ4n) is 0.924. The minimum absolute atomic E-state index is 0.272. The largest absolute Gasteiger partial charge is 0.477 e. The predicted octanol–water partition coefficient (Wildman–Crippen LogP) is 1.15. The van der Waals surface area contributed by atoms with Crippen molar-refractivity contribution in [3.63, 3.8) is 0 Å². The van der Waals surface area contributed by atoms with Crippen molar-refractivity contribution in [2.24, 2.45) is 0 Å². The van der Waals surface area contributed by atoms with Gasteiger partial charge in [-0.2, -0.15) is 4.39 Å². The molecule has 0 unspecified atom stereocenters. The van der Waals surface area contributed by atoms with E-state index >= 15 is 0 Å². The molecule has 1 aromatic rings. The van der Waals surface area contributed by atoms with Gasteiger partial charge < -0.3 is 10.1 Å². The first-order chi connectivity index (χ1) is 6.43. The van der Waals surface area contributed by atoms with E-state index in [1.807, 2.05) is 0 Å². The zero-order valence-corrected chi connectivity index (χ0v) is 6.55. The Labute approximate surface area is 75.0 Å². The van der Waals surface area contributed by atoms with Crippen LogP contribution < -0.4 is 5.43 Å². The van der Waals surface area contributed by atoms with Crippen LogP contribution in [0.3, 0.4) is 0 Å². The van der Waals surface area contributed by atoms with Crippen molar-refractivity contribution in [3.8, 4) is 0 Å². The Hall–Kier alpha value is -1.79. The van der Waals surface area contributed by atoms with Gasteiger partial charge in [0.05, 0.1) is 5.56 Å². The summed E-state index contributed by atoms with van der Waals surface area (Å²) in [5, 5.41) is 8.39. The molecule has 0 atom stereocenters. The third-order valence-corrected chi connectivity index (χ3v) is 1.47. The number of H-pyrrole nitrogens is 1. The van der Waals surface area contributed by atoms with Crippen LogP contribution in [0.4, 0.5) is 13.2 Å². The van der Waals surface area contributed by atoms with Crippen LogP contribution in [0, 0.1) is 5.95 Å². The number of halogens is 3. The number of rotatable bonds is 2. The maximum Gasteiger partial charge on any atom is 0.353 e. The van der Waals surface area contributed by atoms with Gasteiger partial charge in [0.1, 0.15) is 5.69 Å². The molecule has 0 aliphatic heterocycles. The number of carboxylic acids is 1. The first-order valence-corrected chi connectivity index (χ1v) is 3.37. The summed E-state index contributed by atoms with van der Waals surface area (Å²) in [6.45, 7) is 0. The minimum Gasteiger partial charge on any atom is -0.477 e. The van der Waals surface area contributed by atoms with E-state index in [1.54, 1.807) is 4.98 Å². The van der Waals surface area contributed by atoms with Crippen LogP contribution >= 0.6 is 0 Å². The SMILES string of the molecule is O=C(O)c1[nH]c(F)cc(=O)c1C(F)F. The fraction of sp³-hybridized carbons (Fsp3) is 0.143. The second-order valence-corrected chi connectivity index (χ2v) is 2.38. The van der Waals surface area contributed by atoms with E-state index in [1.165, 1.54) is 0 Å². The molecule has 0 aliphatic carbocycles. The number of hydrogen-bond acceptors (Lipinski definition) is 2. The Morgan fingerprint density at radius 3 is 2.50 bits per heavy atom. The summed E-state index contributed by atoms with van der Waals surface area (Å²) in [6, 6.07) is 0.272. The molecule has 0 radical (unpaired) electrons. The van der Waals surface area contributed by atoms with Crippen molar-refractivity contribution < 1.29 is 23.1 Å². The third kappa shape index (κ3) is 1.76. The van der Waals surface area contributed by atoms with Crippen LogP contribution in [-0.4, -0.2) is 16.1 Å². The van der Waals surface area contributed by atoms with Gasteiger partial charge in [-0.15, -0.1) is 0 Å². The van der Waals surface area contributed by atoms with Crippen LogP contribution in [0.1, 0.15) is 22.5 Å². The smallest absolute Gasteiger partial charge is 0.353 e. The van der Waals surface area contributed by atoms with Crippen LogP contribution in [0.25, 0.3) is 0 Å². The average Bonchev–Trinajstić information content (AvgIpc) is 2.01. The number of carboxylic acid groups (broad SMARTS) is 1. The lowest BCUT2D eigenvalue weighted by Gasteiger charge is -2.03. The van der Waals surface area contributed by atoms with Gasteiger partial charge in [-0.05, 0) is 0 Å². The van der Waals surface area contributed by atoms with E-state index < -0.39 is 35.0 Å². The molecule has 0 aliphatic rings. The molecule has 1 rings (SSSR count). The van der Waals surface area contributed by atoms with E-state index in [2.05, 4.69) is 0 Å². The Bertz CT molecular complexity index is 427. The van der Waals surface area contributed by atoms with E-state index in [9.17, 15) is 22.8 Å². The Morgan fingerprint density at radius 1 is 1.50 bits per heavy atom. The second-order valence-electron chi connectivity index (χ2n) is 2.38. The molecule has 0 bridgehead atoms. The minimum atomic E-state index is -3.26. The molecule has 1 aromatic heterocycles. The van der Waals surface area contributed by atoms with Crippen molar-refractivity contribution in [2.45, 2.75) is 6.43 Å². The second kappa shape index (κ2) is 3.52. The maximum absolute atomic E-state index is 12.5. The normalized spacial score (nSPS) is 10.6. The quantitative estimate of drug-likeness (QED) is 0.714. The van der Waals surface area contributed by atoms with Crippen LogP contribution in [0.5, 0.6) is 0 Å². The van der Waals surface area contributed by atoms with E-state index in [4.69, 9.17) is 5.11 Å². The van der Waals surface area contributed by atoms with Crippen LogP contribution in [0.15, 0.2) is 10.9 Å². The van der Waals surface area contributed by atoms with Gasteiger partial charge in [0.25, 0.3) is 6.43 Å². The van der Waals surface area contributed by atoms with Crippen molar-refractivity contribution >= 4 is 5.97 Å². The standard InChI is InChI=1S/C7H4F3NO3/c8-3-1-2(12)4(6(9)10)5(11-3)7(13)14/h1,6H,(H,11,12)(H,13,14). The van der Waals surface area contributed by atoms with Crippen molar-refractivity contribution in [1.82, 2.24) is 4.98 Å². The van der Waals surface area contributed by atoms with Gasteiger partial charge in [-0.3, -0.25) is 4.79 Å². The van der Waals surface area contributed by atoms with E-state index in [0.717, 1.165) is 0 Å². The summed E-state index contributed by atoms with van der Waals surface area (Å²) in [5.74, 6) is -3.08. The lowest BCUT2D eigenvalue weighted by Crippen LogP contribution is -2.18. The molecule has 14 heavy (non-hydrogen) atoms. The predicted molar refractivity (Wildman–Crippen MR) is 38.9 cm³/mol. The van der Waals surface area contributed by atoms with Crippen LogP contribution in [-0.2, 0) is 0 Å². The molecule has 0 fully saturated rings. The molecule has 4 nitrogen and oxygen atoms in total. The van der Waals surface area contributed by atoms with Gasteiger partial charge in [0.2, 0.25) is 0 Å². The average molecular weight is 207 g/mol. The van der Waals surface area contributed by atoms with Crippen LogP contribution in [0.2, 0.25) is 0 Å². The summed E-state index contributed by atoms with van der Waals surface area (Å²) >= 11 is 0. The molecule has 0 saturated heterocycles. The molecule has 0 aromatic carbocycles. The monoisotopic (exact) mass is 207 g/mol. The first-order valence-electron chi connectivity index (χ1n) is 3.37. The van der Waals surface area contributed by atoms with Crippen molar-refractivity contribution in [1.29, 1.82) is 0 Å². The van der Waals surface area contributed by atoms with Gasteiger partial charge in [-0.25, -0.2) is 13.6 Å². The zero-order valence-electron chi connectivity index (χ0n) is 6.55. The molecule has 0 saturated carbocycles. The lowest BCUT2D eigenvalue weighted by molar-refractivity contribution is 0.0674. The molecular weight excluding hydrogens is 203 g/mol. The number of aromatic nitrogens is 1. The number of alkyl halides is 2. The summed E-state index contributed by atoms with van der Waals surface area (Å²) in [7, 11) is 0. The third-order valence-electron chi connectivity index (χ3n) is 1.47. The number of carbonyl (C=O) groups is 1. The molecule has 76 valence electrons. The van der Waals surface area contributed by atoms with E-state index in [0.29, 0.717) is 0 Å². The van der Waals surface area contributed by atoms with Gasteiger partial charge in [-0.1, -0.05) is 0 Å². The lowest BCUT2D eigenvalue weighted by atomic mass is 10.2. The highest BCUT2D eigenvalue weighted by Gasteiger charge is 2.22. The first kappa shape index (κ1) is 10.3. The summed E-state index contributed by atoms with van der Waals surface area (Å²) < 4.78 is 36.8. The highest BCUT2D eigenvalue weighted by Crippen LogP contribution is 2.17. The molecule has 2 N–H and O–H groups in total. The highest BCUT2D eigenvalue weighted by molar-refractivity contribution is 5.87. The highest BCUT2D eigenvalue weighted by atomic mass is 19.3. The number of aromatic amines is 1. The number of pyridine rings is 1. The van der Waals surface area contributed by atoms with Gasteiger partial charge in [0.15, 0.2) is 11.4 Å². The maximum atomic E-state index is 12.5. The topological polar surface area (TPSA) is 70.2 Å². The molecular formula is C7H4F3NO3. The zero-order chi connectivity index (χ0) is 10.9. The molecule has 0 amide bonds. The Balaban J connectivity index is 3.53. The van der Waals surface area contributed by atoms with E-state index in [-0.39, 0.29) is 6.07 Å². The van der Waals surface area contributed by atoms with Gasteiger partial charge >= 0.3 is 5.97 Å². The Morgan fingerprint density at radius 2 is 2.07 bits per heavy atom. The van der Waals surface area contributed by atoms with Crippen molar-refractivity contribution in [2.75, 3.05) is 0 Å². The summed E-state index contributed by atoms with van der Waals surface area (Å²) in [6.07, 6.45) is -3.26. The summed E-state index contributed by atoms with van der Waals surface area (Å²) in [5.41, 5.74) is -3.70. The fourth-order valence-corrected chi connectivity index (χ4v) is 0.924. The molecule has 7 heteroatoms. The number of hydrogen-bond donors (Lipinski definition) is 2. The molecule has 0 spiro atoms. The summed E-state index contributed by atoms with van der Waals surface area (Å²) in [4.78, 5) is 22.7.